The summed E-state index contributed by atoms with van der Waals surface area (Å²) < 4.78 is 51.0. The van der Waals surface area contributed by atoms with Crippen LogP contribution in [0.4, 0.5) is 20.2 Å². The average molecular weight is 340 g/mol. The lowest BCUT2D eigenvalue weighted by molar-refractivity contribution is -0.114. The molecule has 0 bridgehead atoms. The number of rotatable bonds is 5. The van der Waals surface area contributed by atoms with E-state index in [1.807, 2.05) is 0 Å². The highest BCUT2D eigenvalue weighted by molar-refractivity contribution is 7.92. The van der Waals surface area contributed by atoms with Crippen molar-refractivity contribution in [2.75, 3.05) is 22.4 Å². The molecule has 0 fully saturated rings. The molecule has 5 nitrogen and oxygen atoms in total. The number of halogens is 2. The van der Waals surface area contributed by atoms with Crippen molar-refractivity contribution < 1.29 is 22.0 Å². The third-order valence-electron chi connectivity index (χ3n) is 2.95. The largest absolute Gasteiger partial charge is 0.322 e. The molecule has 0 saturated carbocycles. The van der Waals surface area contributed by atoms with Gasteiger partial charge in [0.2, 0.25) is 15.9 Å². The van der Waals surface area contributed by atoms with Crippen LogP contribution in [0.15, 0.2) is 48.5 Å². The number of hydrogen-bond acceptors (Lipinski definition) is 3. The number of amides is 1. The van der Waals surface area contributed by atoms with Crippen LogP contribution >= 0.6 is 0 Å². The van der Waals surface area contributed by atoms with Gasteiger partial charge in [0.25, 0.3) is 0 Å². The molecule has 0 aliphatic carbocycles. The van der Waals surface area contributed by atoms with Crippen molar-refractivity contribution >= 4 is 27.3 Å². The SMILES string of the molecule is CS(=O)(=O)N(CC(=O)Nc1ccccc1F)c1ccc(F)cc1. The van der Waals surface area contributed by atoms with E-state index in [9.17, 15) is 22.0 Å². The molecule has 122 valence electrons. The van der Waals surface area contributed by atoms with Gasteiger partial charge in [-0.15, -0.1) is 0 Å². The Morgan fingerprint density at radius 3 is 2.26 bits per heavy atom. The number of nitrogens with one attached hydrogen (secondary N) is 1. The maximum atomic E-state index is 13.5. The van der Waals surface area contributed by atoms with Gasteiger partial charge in [-0.25, -0.2) is 17.2 Å². The molecule has 0 aromatic heterocycles. The fraction of sp³-hybridized carbons (Fsp3) is 0.133. The Labute approximate surface area is 132 Å². The van der Waals surface area contributed by atoms with Gasteiger partial charge in [0.15, 0.2) is 0 Å². The van der Waals surface area contributed by atoms with E-state index in [1.54, 1.807) is 0 Å². The Hall–Kier alpha value is -2.48. The van der Waals surface area contributed by atoms with Gasteiger partial charge in [0.1, 0.15) is 18.2 Å². The third-order valence-corrected chi connectivity index (χ3v) is 4.09. The van der Waals surface area contributed by atoms with Crippen molar-refractivity contribution in [3.8, 4) is 0 Å². The quantitative estimate of drug-likeness (QED) is 0.909. The molecule has 0 aliphatic heterocycles. The number of carbonyl (C=O) groups is 1. The zero-order valence-electron chi connectivity index (χ0n) is 12.2. The molecule has 0 radical (unpaired) electrons. The van der Waals surface area contributed by atoms with Crippen molar-refractivity contribution in [2.45, 2.75) is 0 Å². The summed E-state index contributed by atoms with van der Waals surface area (Å²) in [6.07, 6.45) is 0.923. The minimum absolute atomic E-state index is 0.0509. The number of benzene rings is 2. The van der Waals surface area contributed by atoms with Gasteiger partial charge in [0, 0.05) is 0 Å². The Morgan fingerprint density at radius 1 is 1.09 bits per heavy atom. The van der Waals surface area contributed by atoms with E-state index in [-0.39, 0.29) is 11.4 Å². The summed E-state index contributed by atoms with van der Waals surface area (Å²) in [5.74, 6) is -1.88. The first kappa shape index (κ1) is 16.9. The van der Waals surface area contributed by atoms with E-state index in [0.29, 0.717) is 0 Å². The first-order chi connectivity index (χ1) is 10.8. The van der Waals surface area contributed by atoms with Crippen LogP contribution in [0.5, 0.6) is 0 Å². The lowest BCUT2D eigenvalue weighted by Crippen LogP contribution is -2.37. The summed E-state index contributed by atoms with van der Waals surface area (Å²) in [6.45, 7) is -0.557. The molecule has 0 heterocycles. The molecule has 0 saturated heterocycles. The molecule has 2 aromatic rings. The smallest absolute Gasteiger partial charge is 0.245 e. The summed E-state index contributed by atoms with van der Waals surface area (Å²) in [4.78, 5) is 12.0. The second kappa shape index (κ2) is 6.74. The second-order valence-electron chi connectivity index (χ2n) is 4.77. The van der Waals surface area contributed by atoms with Gasteiger partial charge < -0.3 is 5.32 Å². The topological polar surface area (TPSA) is 66.5 Å². The molecule has 8 heteroatoms. The van der Waals surface area contributed by atoms with E-state index in [2.05, 4.69) is 5.32 Å². The van der Waals surface area contributed by atoms with Gasteiger partial charge in [-0.2, -0.15) is 0 Å². The number of para-hydroxylation sites is 1. The molecule has 23 heavy (non-hydrogen) atoms. The zero-order chi connectivity index (χ0) is 17.0. The van der Waals surface area contributed by atoms with Crippen LogP contribution < -0.4 is 9.62 Å². The van der Waals surface area contributed by atoms with Gasteiger partial charge >= 0.3 is 0 Å². The molecule has 2 rings (SSSR count). The standard InChI is InChI=1S/C15H14F2N2O3S/c1-23(21,22)19(12-8-6-11(16)7-9-12)10-15(20)18-14-5-3-2-4-13(14)17/h2-9H,10H2,1H3,(H,18,20). The van der Waals surface area contributed by atoms with Crippen LogP contribution in [0.25, 0.3) is 0 Å². The van der Waals surface area contributed by atoms with E-state index in [4.69, 9.17) is 0 Å². The van der Waals surface area contributed by atoms with E-state index >= 15 is 0 Å². The molecular weight excluding hydrogens is 326 g/mol. The molecule has 1 N–H and O–H groups in total. The maximum absolute atomic E-state index is 13.5. The highest BCUT2D eigenvalue weighted by atomic mass is 32.2. The lowest BCUT2D eigenvalue weighted by atomic mass is 10.3. The second-order valence-corrected chi connectivity index (χ2v) is 6.68. The Kier molecular flexibility index (Phi) is 4.95. The fourth-order valence-corrected chi connectivity index (χ4v) is 2.75. The van der Waals surface area contributed by atoms with E-state index in [1.165, 1.54) is 36.4 Å². The van der Waals surface area contributed by atoms with Crippen LogP contribution in [0, 0.1) is 11.6 Å². The summed E-state index contributed by atoms with van der Waals surface area (Å²) >= 11 is 0. The first-order valence-corrected chi connectivity index (χ1v) is 8.40. The highest BCUT2D eigenvalue weighted by Crippen LogP contribution is 2.18. The maximum Gasteiger partial charge on any atom is 0.245 e. The number of carbonyl (C=O) groups excluding carboxylic acids is 1. The predicted octanol–water partition coefficient (Wildman–Crippen LogP) is 2.37. The number of nitrogens with zero attached hydrogens (tertiary/aromatic N) is 1. The molecule has 0 atom stereocenters. The van der Waals surface area contributed by atoms with Gasteiger partial charge in [-0.3, -0.25) is 9.10 Å². The molecule has 1 amide bonds. The third kappa shape index (κ3) is 4.49. The lowest BCUT2D eigenvalue weighted by Gasteiger charge is -2.21. The van der Waals surface area contributed by atoms with Crippen molar-refractivity contribution in [1.29, 1.82) is 0 Å². The minimum atomic E-state index is -3.77. The molecule has 0 unspecified atom stereocenters. The highest BCUT2D eigenvalue weighted by Gasteiger charge is 2.21. The summed E-state index contributed by atoms with van der Waals surface area (Å²) in [7, 11) is -3.77. The summed E-state index contributed by atoms with van der Waals surface area (Å²) in [5.41, 5.74) is 0.0858. The molecular formula is C15H14F2N2O3S. The van der Waals surface area contributed by atoms with Crippen LogP contribution in [-0.4, -0.2) is 27.1 Å². The summed E-state index contributed by atoms with van der Waals surface area (Å²) in [6, 6.07) is 10.2. The van der Waals surface area contributed by atoms with Crippen LogP contribution in [0.2, 0.25) is 0 Å². The first-order valence-electron chi connectivity index (χ1n) is 6.55. The predicted molar refractivity (Wildman–Crippen MR) is 83.6 cm³/mol. The Bertz CT molecular complexity index is 808. The minimum Gasteiger partial charge on any atom is -0.322 e. The monoisotopic (exact) mass is 340 g/mol. The number of sulfonamides is 1. The van der Waals surface area contributed by atoms with E-state index in [0.717, 1.165) is 22.7 Å². The fourth-order valence-electron chi connectivity index (χ4n) is 1.89. The number of anilines is 2. The summed E-state index contributed by atoms with van der Waals surface area (Å²) in [5, 5.41) is 2.30. The van der Waals surface area contributed by atoms with Gasteiger partial charge in [-0.1, -0.05) is 12.1 Å². The van der Waals surface area contributed by atoms with Crippen LogP contribution in [0.3, 0.4) is 0 Å². The average Bonchev–Trinajstić information content (AvgIpc) is 2.47. The molecule has 0 spiro atoms. The van der Waals surface area contributed by atoms with Gasteiger partial charge in [0.05, 0.1) is 17.6 Å². The zero-order valence-corrected chi connectivity index (χ0v) is 13.0. The van der Waals surface area contributed by atoms with Crippen molar-refractivity contribution in [3.05, 3.63) is 60.2 Å². The molecule has 0 aliphatic rings. The molecule has 2 aromatic carbocycles. The van der Waals surface area contributed by atoms with Crippen LogP contribution in [0.1, 0.15) is 0 Å². The Balaban J connectivity index is 2.20. The van der Waals surface area contributed by atoms with Gasteiger partial charge in [-0.05, 0) is 36.4 Å². The van der Waals surface area contributed by atoms with Crippen molar-refractivity contribution in [3.63, 3.8) is 0 Å². The van der Waals surface area contributed by atoms with Crippen molar-refractivity contribution in [1.82, 2.24) is 0 Å². The van der Waals surface area contributed by atoms with E-state index < -0.39 is 34.1 Å². The van der Waals surface area contributed by atoms with Crippen molar-refractivity contribution in [2.24, 2.45) is 0 Å². The number of hydrogen-bond donors (Lipinski definition) is 1. The Morgan fingerprint density at radius 2 is 1.70 bits per heavy atom. The van der Waals surface area contributed by atoms with Crippen LogP contribution in [-0.2, 0) is 14.8 Å². The normalized spacial score (nSPS) is 11.1.